The van der Waals surface area contributed by atoms with Gasteiger partial charge in [0.05, 0.1) is 6.42 Å². The lowest BCUT2D eigenvalue weighted by atomic mass is 10.1. The summed E-state index contributed by atoms with van der Waals surface area (Å²) in [6.07, 6.45) is 0.947. The van der Waals surface area contributed by atoms with E-state index < -0.39 is 0 Å². The summed E-state index contributed by atoms with van der Waals surface area (Å²) in [6.45, 7) is 5.94. The van der Waals surface area contributed by atoms with Crippen LogP contribution >= 0.6 is 0 Å². The molecule has 0 aliphatic carbocycles. The number of anilines is 3. The summed E-state index contributed by atoms with van der Waals surface area (Å²) in [7, 11) is 0. The van der Waals surface area contributed by atoms with E-state index in [1.54, 1.807) is 16.3 Å². The summed E-state index contributed by atoms with van der Waals surface area (Å²) in [5.41, 5.74) is 10.6. The first-order valence-electron chi connectivity index (χ1n) is 9.02. The molecule has 3 N–H and O–H groups in total. The predicted octanol–water partition coefficient (Wildman–Crippen LogP) is 1.41. The molecule has 0 saturated heterocycles. The van der Waals surface area contributed by atoms with Crippen molar-refractivity contribution in [1.29, 1.82) is 0 Å². The van der Waals surface area contributed by atoms with E-state index in [0.717, 1.165) is 34.6 Å². The Balaban J connectivity index is 1.54. The zero-order valence-corrected chi connectivity index (χ0v) is 16.0. The molecule has 144 valence electrons. The van der Waals surface area contributed by atoms with Gasteiger partial charge in [0.15, 0.2) is 0 Å². The van der Waals surface area contributed by atoms with Crippen molar-refractivity contribution in [3.8, 4) is 0 Å². The summed E-state index contributed by atoms with van der Waals surface area (Å²) < 4.78 is 1.55. The lowest BCUT2D eigenvalue weighted by Gasteiger charge is -2.15. The molecule has 2 aromatic heterocycles. The number of nitrogen functional groups attached to an aromatic ring is 1. The van der Waals surface area contributed by atoms with Crippen LogP contribution < -0.4 is 16.0 Å². The van der Waals surface area contributed by atoms with Gasteiger partial charge in [-0.2, -0.15) is 9.50 Å². The average molecular weight is 379 g/mol. The molecule has 1 aliphatic heterocycles. The lowest BCUT2D eigenvalue weighted by Crippen LogP contribution is -2.25. The number of carbonyl (C=O) groups excluding carboxylic acids is 2. The third-order valence-electron chi connectivity index (χ3n) is 5.04. The molecule has 0 atom stereocenters. The first kappa shape index (κ1) is 17.9. The van der Waals surface area contributed by atoms with Crippen LogP contribution in [0, 0.1) is 13.8 Å². The molecule has 2 amide bonds. The topological polar surface area (TPSA) is 119 Å². The maximum Gasteiger partial charge on any atom is 0.254 e. The Hall–Kier alpha value is -3.49. The second-order valence-electron chi connectivity index (χ2n) is 6.93. The van der Waals surface area contributed by atoms with E-state index in [0.29, 0.717) is 18.0 Å². The number of nitrogens with two attached hydrogens (primary N) is 1. The number of aromatic nitrogens is 4. The van der Waals surface area contributed by atoms with Gasteiger partial charge in [0, 0.05) is 41.8 Å². The first-order chi connectivity index (χ1) is 13.3. The fourth-order valence-electron chi connectivity index (χ4n) is 3.65. The van der Waals surface area contributed by atoms with Crippen molar-refractivity contribution in [3.05, 3.63) is 40.7 Å². The Morgan fingerprint density at radius 1 is 1.25 bits per heavy atom. The van der Waals surface area contributed by atoms with E-state index in [4.69, 9.17) is 5.73 Å². The fourth-order valence-corrected chi connectivity index (χ4v) is 3.65. The van der Waals surface area contributed by atoms with Gasteiger partial charge in [-0.3, -0.25) is 9.59 Å². The van der Waals surface area contributed by atoms with Crippen molar-refractivity contribution in [1.82, 2.24) is 19.6 Å². The van der Waals surface area contributed by atoms with Crippen LogP contribution in [0.3, 0.4) is 0 Å². The van der Waals surface area contributed by atoms with E-state index in [2.05, 4.69) is 20.4 Å². The van der Waals surface area contributed by atoms with Crippen LogP contribution in [0.1, 0.15) is 29.4 Å². The van der Waals surface area contributed by atoms with Crippen LogP contribution in [0.15, 0.2) is 18.2 Å². The van der Waals surface area contributed by atoms with Crippen molar-refractivity contribution >= 4 is 34.9 Å². The Labute approximate surface area is 161 Å². The number of nitrogens with zero attached hydrogens (tertiary/aromatic N) is 5. The quantitative estimate of drug-likeness (QED) is 0.710. The molecule has 1 aromatic carbocycles. The monoisotopic (exact) mass is 379 g/mol. The van der Waals surface area contributed by atoms with Crippen LogP contribution in [0.4, 0.5) is 17.3 Å². The number of nitrogens with one attached hydrogen (secondary N) is 1. The minimum Gasteiger partial charge on any atom is -0.366 e. The molecule has 3 aromatic rings. The number of carbonyl (C=O) groups is 2. The van der Waals surface area contributed by atoms with Crippen molar-refractivity contribution in [3.63, 3.8) is 0 Å². The third-order valence-corrected chi connectivity index (χ3v) is 5.04. The van der Waals surface area contributed by atoms with Gasteiger partial charge in [0.25, 0.3) is 5.78 Å². The van der Waals surface area contributed by atoms with Crippen LogP contribution in [-0.2, 0) is 22.4 Å². The highest BCUT2D eigenvalue weighted by Crippen LogP contribution is 2.30. The molecule has 3 heterocycles. The maximum absolute atomic E-state index is 12.6. The summed E-state index contributed by atoms with van der Waals surface area (Å²) in [4.78, 5) is 34.5. The molecule has 4 rings (SSSR count). The number of aryl methyl sites for hydroxylation is 2. The highest BCUT2D eigenvalue weighted by Gasteiger charge is 2.22. The largest absolute Gasteiger partial charge is 0.366 e. The second-order valence-corrected chi connectivity index (χ2v) is 6.93. The summed E-state index contributed by atoms with van der Waals surface area (Å²) in [5.74, 6) is 0.444. The van der Waals surface area contributed by atoms with E-state index in [-0.39, 0.29) is 24.2 Å². The number of rotatable bonds is 3. The lowest BCUT2D eigenvalue weighted by molar-refractivity contribution is -0.117. The van der Waals surface area contributed by atoms with Gasteiger partial charge in [-0.05, 0) is 44.0 Å². The maximum atomic E-state index is 12.6. The van der Waals surface area contributed by atoms with Gasteiger partial charge in [0.1, 0.15) is 0 Å². The molecule has 9 nitrogen and oxygen atoms in total. The highest BCUT2D eigenvalue weighted by molar-refractivity contribution is 5.96. The molecule has 0 spiro atoms. The smallest absolute Gasteiger partial charge is 0.254 e. The molecule has 0 unspecified atom stereocenters. The van der Waals surface area contributed by atoms with Gasteiger partial charge >= 0.3 is 0 Å². The van der Waals surface area contributed by atoms with Gasteiger partial charge < -0.3 is 16.0 Å². The molecule has 9 heteroatoms. The number of amides is 2. The molecular weight excluding hydrogens is 358 g/mol. The van der Waals surface area contributed by atoms with E-state index in [1.807, 2.05) is 32.0 Å². The summed E-state index contributed by atoms with van der Waals surface area (Å²) in [6, 6.07) is 5.62. The molecule has 0 saturated carbocycles. The Morgan fingerprint density at radius 2 is 2.04 bits per heavy atom. The van der Waals surface area contributed by atoms with Crippen LogP contribution in [0.25, 0.3) is 5.78 Å². The minimum absolute atomic E-state index is 0.0260. The average Bonchev–Trinajstić information content (AvgIpc) is 3.21. The Morgan fingerprint density at radius 3 is 2.79 bits per heavy atom. The van der Waals surface area contributed by atoms with E-state index >= 15 is 0 Å². The summed E-state index contributed by atoms with van der Waals surface area (Å²) >= 11 is 0. The molecule has 0 fully saturated rings. The van der Waals surface area contributed by atoms with Gasteiger partial charge in [-0.25, -0.2) is 4.98 Å². The van der Waals surface area contributed by atoms with Gasteiger partial charge in [-0.1, -0.05) is 0 Å². The van der Waals surface area contributed by atoms with Crippen molar-refractivity contribution in [2.75, 3.05) is 22.5 Å². The zero-order valence-electron chi connectivity index (χ0n) is 16.0. The molecule has 0 radical (unpaired) electrons. The fraction of sp³-hybridized carbons (Fsp3) is 0.316. The second kappa shape index (κ2) is 6.59. The van der Waals surface area contributed by atoms with Crippen molar-refractivity contribution < 1.29 is 9.59 Å². The van der Waals surface area contributed by atoms with Crippen LogP contribution in [0.2, 0.25) is 0 Å². The van der Waals surface area contributed by atoms with Crippen LogP contribution in [0.5, 0.6) is 0 Å². The molecule has 1 aliphatic rings. The zero-order chi connectivity index (χ0) is 20.0. The molecule has 28 heavy (non-hydrogen) atoms. The normalized spacial score (nSPS) is 13.0. The van der Waals surface area contributed by atoms with Gasteiger partial charge in [-0.15, -0.1) is 5.10 Å². The first-order valence-corrected chi connectivity index (χ1v) is 9.02. The Bertz CT molecular complexity index is 1120. The summed E-state index contributed by atoms with van der Waals surface area (Å²) in [5, 5.41) is 7.06. The van der Waals surface area contributed by atoms with Crippen molar-refractivity contribution in [2.45, 2.75) is 33.6 Å². The van der Waals surface area contributed by atoms with Crippen molar-refractivity contribution in [2.24, 2.45) is 0 Å². The molecule has 0 bridgehead atoms. The SMILES string of the molecule is CC(=O)N1CCc2cc(NC(=O)Cc3c(C)nc4nc(N)nn4c3C)ccc21. The number of fused-ring (bicyclic) bond motifs is 2. The highest BCUT2D eigenvalue weighted by atomic mass is 16.2. The molecular formula is C19H21N7O2. The number of benzene rings is 1. The minimum atomic E-state index is -0.151. The van der Waals surface area contributed by atoms with E-state index in [1.165, 1.54) is 0 Å². The van der Waals surface area contributed by atoms with Crippen LogP contribution in [-0.4, -0.2) is 37.9 Å². The number of hydrogen-bond acceptors (Lipinski definition) is 6. The third kappa shape index (κ3) is 3.04. The predicted molar refractivity (Wildman–Crippen MR) is 105 cm³/mol. The number of hydrogen-bond donors (Lipinski definition) is 2. The standard InChI is InChI=1S/C19H21N7O2/c1-10-15(11(2)26-19(21-10)23-18(20)24-26)9-17(28)22-14-4-5-16-13(8-14)6-7-25(16)12(3)27/h4-5,8H,6-7,9H2,1-3H3,(H2,20,24)(H,22,28). The Kier molecular flexibility index (Phi) is 4.21. The van der Waals surface area contributed by atoms with E-state index in [9.17, 15) is 9.59 Å². The van der Waals surface area contributed by atoms with Gasteiger partial charge in [0.2, 0.25) is 17.8 Å².